The highest BCUT2D eigenvalue weighted by molar-refractivity contribution is 6.05. The summed E-state index contributed by atoms with van der Waals surface area (Å²) in [7, 11) is 1.67. The summed E-state index contributed by atoms with van der Waals surface area (Å²) in [5.41, 5.74) is 3.58. The minimum atomic E-state index is 0.0620. The van der Waals surface area contributed by atoms with E-state index in [4.69, 9.17) is 9.72 Å². The molecular formula is C24H31N5O2. The number of fused-ring (bicyclic) bond motifs is 1. The number of amides is 1. The molecule has 2 aromatic heterocycles. The summed E-state index contributed by atoms with van der Waals surface area (Å²) in [6, 6.07) is 10.2. The van der Waals surface area contributed by atoms with Gasteiger partial charge in [0.1, 0.15) is 5.75 Å². The first-order valence-electron chi connectivity index (χ1n) is 11.0. The first-order valence-corrected chi connectivity index (χ1v) is 11.0. The minimum absolute atomic E-state index is 0.0620. The standard InChI is InChI=1S/C24H31N5O2/c1-16(2)22-14-20(21-15-25-29(17(3)4)23(21)26-22)24(30)28-12-10-27(11-13-28)18-6-8-19(31-5)9-7-18/h6-9,14-17H,10-13H2,1-5H3. The topological polar surface area (TPSA) is 63.5 Å². The summed E-state index contributed by atoms with van der Waals surface area (Å²) >= 11 is 0. The van der Waals surface area contributed by atoms with Gasteiger partial charge in [-0.3, -0.25) is 4.79 Å². The number of nitrogens with zero attached hydrogens (tertiary/aromatic N) is 5. The van der Waals surface area contributed by atoms with Crippen molar-refractivity contribution < 1.29 is 9.53 Å². The second-order valence-corrected chi connectivity index (χ2v) is 8.65. The van der Waals surface area contributed by atoms with Gasteiger partial charge in [0, 0.05) is 43.6 Å². The molecule has 4 rings (SSSR count). The lowest BCUT2D eigenvalue weighted by atomic mass is 10.0. The summed E-state index contributed by atoms with van der Waals surface area (Å²) < 4.78 is 7.15. The van der Waals surface area contributed by atoms with Crippen molar-refractivity contribution in [3.05, 3.63) is 47.8 Å². The Hall–Kier alpha value is -3.09. The highest BCUT2D eigenvalue weighted by atomic mass is 16.5. The lowest BCUT2D eigenvalue weighted by Gasteiger charge is -2.36. The fraction of sp³-hybridized carbons (Fsp3) is 0.458. The van der Waals surface area contributed by atoms with Crippen molar-refractivity contribution in [2.75, 3.05) is 38.2 Å². The van der Waals surface area contributed by atoms with Crippen LogP contribution in [0.5, 0.6) is 5.75 Å². The van der Waals surface area contributed by atoms with Crippen molar-refractivity contribution in [1.82, 2.24) is 19.7 Å². The number of carbonyl (C=O) groups is 1. The van der Waals surface area contributed by atoms with Crippen molar-refractivity contribution in [2.24, 2.45) is 0 Å². The number of carbonyl (C=O) groups excluding carboxylic acids is 1. The van der Waals surface area contributed by atoms with Gasteiger partial charge in [0.15, 0.2) is 5.65 Å². The lowest BCUT2D eigenvalue weighted by molar-refractivity contribution is 0.0748. The van der Waals surface area contributed by atoms with Crippen LogP contribution in [-0.2, 0) is 0 Å². The number of methoxy groups -OCH3 is 1. The molecule has 164 valence electrons. The molecular weight excluding hydrogens is 390 g/mol. The van der Waals surface area contributed by atoms with Gasteiger partial charge >= 0.3 is 0 Å². The average molecular weight is 422 g/mol. The zero-order chi connectivity index (χ0) is 22.1. The molecule has 0 bridgehead atoms. The molecule has 0 radical (unpaired) electrons. The number of ether oxygens (including phenoxy) is 1. The van der Waals surface area contributed by atoms with Crippen LogP contribution in [0.3, 0.4) is 0 Å². The lowest BCUT2D eigenvalue weighted by Crippen LogP contribution is -2.48. The van der Waals surface area contributed by atoms with E-state index in [-0.39, 0.29) is 17.9 Å². The van der Waals surface area contributed by atoms with Crippen LogP contribution in [0.2, 0.25) is 0 Å². The summed E-state index contributed by atoms with van der Waals surface area (Å²) in [4.78, 5) is 22.6. The van der Waals surface area contributed by atoms with Crippen LogP contribution in [-0.4, -0.2) is 58.9 Å². The molecule has 0 atom stereocenters. The largest absolute Gasteiger partial charge is 0.497 e. The quantitative estimate of drug-likeness (QED) is 0.620. The van der Waals surface area contributed by atoms with Crippen LogP contribution < -0.4 is 9.64 Å². The van der Waals surface area contributed by atoms with E-state index in [0.717, 1.165) is 41.3 Å². The Labute approximate surface area is 183 Å². The van der Waals surface area contributed by atoms with Gasteiger partial charge in [0.2, 0.25) is 0 Å². The van der Waals surface area contributed by atoms with Crippen molar-refractivity contribution >= 4 is 22.6 Å². The normalized spacial score (nSPS) is 14.7. The molecule has 0 saturated carbocycles. The first-order chi connectivity index (χ1) is 14.9. The van der Waals surface area contributed by atoms with E-state index in [1.807, 2.05) is 27.8 Å². The molecule has 31 heavy (non-hydrogen) atoms. The third-order valence-electron chi connectivity index (χ3n) is 5.90. The Balaban J connectivity index is 1.57. The van der Waals surface area contributed by atoms with E-state index in [1.165, 1.54) is 0 Å². The third-order valence-corrected chi connectivity index (χ3v) is 5.90. The van der Waals surface area contributed by atoms with Crippen LogP contribution in [0.25, 0.3) is 11.0 Å². The van der Waals surface area contributed by atoms with E-state index < -0.39 is 0 Å². The van der Waals surface area contributed by atoms with E-state index in [9.17, 15) is 4.79 Å². The van der Waals surface area contributed by atoms with E-state index >= 15 is 0 Å². The summed E-state index contributed by atoms with van der Waals surface area (Å²) in [5, 5.41) is 5.35. The summed E-state index contributed by atoms with van der Waals surface area (Å²) in [5.74, 6) is 1.15. The molecule has 1 amide bonds. The average Bonchev–Trinajstić information content (AvgIpc) is 3.22. The Kier molecular flexibility index (Phi) is 5.85. The van der Waals surface area contributed by atoms with E-state index in [0.29, 0.717) is 18.7 Å². The summed E-state index contributed by atoms with van der Waals surface area (Å²) in [6.45, 7) is 11.3. The molecule has 1 saturated heterocycles. The molecule has 1 aromatic carbocycles. The van der Waals surface area contributed by atoms with Gasteiger partial charge in [-0.15, -0.1) is 0 Å². The van der Waals surface area contributed by atoms with Gasteiger partial charge in [-0.25, -0.2) is 9.67 Å². The fourth-order valence-electron chi connectivity index (χ4n) is 4.02. The van der Waals surface area contributed by atoms with Crippen LogP contribution >= 0.6 is 0 Å². The van der Waals surface area contributed by atoms with E-state index in [1.54, 1.807) is 13.3 Å². The van der Waals surface area contributed by atoms with Gasteiger partial charge in [0.05, 0.1) is 24.3 Å². The molecule has 1 aliphatic heterocycles. The maximum absolute atomic E-state index is 13.5. The Morgan fingerprint density at radius 1 is 1.03 bits per heavy atom. The molecule has 3 aromatic rings. The zero-order valence-corrected chi connectivity index (χ0v) is 19.0. The van der Waals surface area contributed by atoms with E-state index in [2.05, 4.69) is 49.8 Å². The van der Waals surface area contributed by atoms with Crippen LogP contribution in [0, 0.1) is 0 Å². The highest BCUT2D eigenvalue weighted by Gasteiger charge is 2.26. The molecule has 7 nitrogen and oxygen atoms in total. The number of rotatable bonds is 5. The predicted octanol–water partition coefficient (Wildman–Crippen LogP) is 4.11. The molecule has 1 aliphatic rings. The summed E-state index contributed by atoms with van der Waals surface area (Å²) in [6.07, 6.45) is 1.78. The number of hydrogen-bond acceptors (Lipinski definition) is 5. The third kappa shape index (κ3) is 4.09. The number of anilines is 1. The van der Waals surface area contributed by atoms with Gasteiger partial charge < -0.3 is 14.5 Å². The van der Waals surface area contributed by atoms with Crippen LogP contribution in [0.4, 0.5) is 5.69 Å². The maximum Gasteiger partial charge on any atom is 0.254 e. The van der Waals surface area contributed by atoms with Crippen molar-refractivity contribution in [2.45, 2.75) is 39.7 Å². The number of aromatic nitrogens is 3. The number of hydrogen-bond donors (Lipinski definition) is 0. The maximum atomic E-state index is 13.5. The van der Waals surface area contributed by atoms with Crippen molar-refractivity contribution in [1.29, 1.82) is 0 Å². The molecule has 0 N–H and O–H groups in total. The van der Waals surface area contributed by atoms with Crippen molar-refractivity contribution in [3.8, 4) is 5.75 Å². The molecule has 3 heterocycles. The SMILES string of the molecule is COc1ccc(N2CCN(C(=O)c3cc(C(C)C)nc4c3cnn4C(C)C)CC2)cc1. The molecule has 0 spiro atoms. The fourth-order valence-corrected chi connectivity index (χ4v) is 4.02. The van der Waals surface area contributed by atoms with Gasteiger partial charge in [-0.1, -0.05) is 13.8 Å². The van der Waals surface area contributed by atoms with Crippen LogP contribution in [0.15, 0.2) is 36.5 Å². The predicted molar refractivity (Wildman–Crippen MR) is 123 cm³/mol. The second-order valence-electron chi connectivity index (χ2n) is 8.65. The Bertz CT molecular complexity index is 1060. The Morgan fingerprint density at radius 3 is 2.29 bits per heavy atom. The smallest absolute Gasteiger partial charge is 0.254 e. The molecule has 0 aliphatic carbocycles. The number of piperazine rings is 1. The monoisotopic (exact) mass is 421 g/mol. The Morgan fingerprint density at radius 2 is 1.71 bits per heavy atom. The second kappa shape index (κ2) is 8.57. The first kappa shape index (κ1) is 21.2. The molecule has 7 heteroatoms. The highest BCUT2D eigenvalue weighted by Crippen LogP contribution is 2.26. The molecule has 0 unspecified atom stereocenters. The van der Waals surface area contributed by atoms with Gasteiger partial charge in [-0.2, -0.15) is 5.10 Å². The van der Waals surface area contributed by atoms with Crippen molar-refractivity contribution in [3.63, 3.8) is 0 Å². The zero-order valence-electron chi connectivity index (χ0n) is 19.0. The molecule has 1 fully saturated rings. The van der Waals surface area contributed by atoms with Crippen LogP contribution in [0.1, 0.15) is 55.7 Å². The van der Waals surface area contributed by atoms with Gasteiger partial charge in [0.25, 0.3) is 5.91 Å². The number of benzene rings is 1. The minimum Gasteiger partial charge on any atom is -0.497 e. The number of pyridine rings is 1. The van der Waals surface area contributed by atoms with Gasteiger partial charge in [-0.05, 0) is 50.1 Å².